The van der Waals surface area contributed by atoms with Crippen molar-refractivity contribution in [3.63, 3.8) is 0 Å². The zero-order valence-electron chi connectivity index (χ0n) is 41.1. The number of aliphatic hydroxyl groups is 2. The number of anilines is 1. The van der Waals surface area contributed by atoms with E-state index in [1.165, 1.54) is 18.2 Å². The van der Waals surface area contributed by atoms with E-state index in [0.29, 0.717) is 47.4 Å². The highest BCUT2D eigenvalue weighted by Crippen LogP contribution is 2.46. The Labute approximate surface area is 428 Å². The zero-order chi connectivity index (χ0) is 53.1. The summed E-state index contributed by atoms with van der Waals surface area (Å²) in [6.45, 7) is 2.05. The molecule has 0 bridgehead atoms. The number of ether oxygens (including phenoxy) is 2. The third kappa shape index (κ3) is 10.7. The fourth-order valence-electron chi connectivity index (χ4n) is 10.1. The standard InChI is InChI=1S/C54H55FN8O12/c1-3-54(73)37-20-41-50-35(25-62(41)52(71)36(37)27-75-53(54)72)48-32(12-15-34-29(2)38(55)21-39(61-50)49(34)48)26-74-28-59-44(66)23-58-51(70)40(19-31-7-5-4-6-8-31)60-45(67)24-57-43(65)22-56-42(64)16-11-30-9-13-33(14-10-30)63-46(68)17-18-47(63)69/h4-10,13-14,17-18,20-21,32,40,44,59,66,73H,3,11-12,15-16,19,22-28H2,1-2H3,(H,56,64)(H,57,65)(H,58,70)(H,60,67)/t32-,40-,44?,54-/m0/s1. The van der Waals surface area contributed by atoms with Crippen molar-refractivity contribution in [1.82, 2.24) is 36.1 Å². The molecule has 3 aliphatic heterocycles. The quantitative estimate of drug-likeness (QED) is 0.0248. The highest BCUT2D eigenvalue weighted by Gasteiger charge is 2.46. The Morgan fingerprint density at radius 3 is 2.36 bits per heavy atom. The second kappa shape index (κ2) is 21.9. The normalized spacial score (nSPS) is 18.0. The fourth-order valence-corrected chi connectivity index (χ4v) is 10.1. The van der Waals surface area contributed by atoms with Crippen LogP contribution in [-0.4, -0.2) is 106 Å². The summed E-state index contributed by atoms with van der Waals surface area (Å²) in [5, 5.41) is 36.1. The van der Waals surface area contributed by atoms with Crippen molar-refractivity contribution in [2.75, 3.05) is 37.9 Å². The predicted molar refractivity (Wildman–Crippen MR) is 268 cm³/mol. The number of pyridine rings is 2. The first-order valence-electron chi connectivity index (χ1n) is 24.6. The number of hydrogen-bond donors (Lipinski definition) is 7. The van der Waals surface area contributed by atoms with Crippen molar-refractivity contribution < 1.29 is 57.6 Å². The highest BCUT2D eigenvalue weighted by molar-refractivity contribution is 6.28. The molecule has 7 N–H and O–H groups in total. The lowest BCUT2D eigenvalue weighted by Gasteiger charge is -2.31. The van der Waals surface area contributed by atoms with Crippen LogP contribution < -0.4 is 37.0 Å². The lowest BCUT2D eigenvalue weighted by molar-refractivity contribution is -0.172. The van der Waals surface area contributed by atoms with Gasteiger partial charge in [0.2, 0.25) is 23.6 Å². The number of hydrogen-bond acceptors (Lipinski definition) is 14. The van der Waals surface area contributed by atoms with Crippen molar-refractivity contribution >= 4 is 58.0 Å². The van der Waals surface area contributed by atoms with E-state index in [1.807, 2.05) is 0 Å². The molecular weight excluding hydrogens is 972 g/mol. The number of nitrogens with one attached hydrogen (secondary N) is 5. The summed E-state index contributed by atoms with van der Waals surface area (Å²) in [4.78, 5) is 108. The number of aliphatic hydroxyl groups excluding tert-OH is 1. The molecule has 1 unspecified atom stereocenters. The number of nitrogens with zero attached hydrogens (tertiary/aromatic N) is 3. The number of carbonyl (C=O) groups excluding carboxylic acids is 7. The Morgan fingerprint density at radius 2 is 1.63 bits per heavy atom. The fraction of sp³-hybridized carbons (Fsp3) is 0.352. The van der Waals surface area contributed by atoms with Gasteiger partial charge in [-0.15, -0.1) is 0 Å². The monoisotopic (exact) mass is 1030 g/mol. The van der Waals surface area contributed by atoms with Gasteiger partial charge in [0.25, 0.3) is 17.4 Å². The molecule has 6 amide bonds. The Kier molecular flexibility index (Phi) is 15.1. The number of cyclic esters (lactones) is 1. The minimum Gasteiger partial charge on any atom is -0.458 e. The Balaban J connectivity index is 0.764. The van der Waals surface area contributed by atoms with Gasteiger partial charge in [-0.2, -0.15) is 0 Å². The topological polar surface area (TPSA) is 277 Å². The molecular formula is C54H55FN8O12. The lowest BCUT2D eigenvalue weighted by Crippen LogP contribution is -2.53. The molecule has 1 aliphatic carbocycles. The van der Waals surface area contributed by atoms with Crippen LogP contribution in [0, 0.1) is 12.7 Å². The number of benzene rings is 3. The van der Waals surface area contributed by atoms with Gasteiger partial charge in [0, 0.05) is 53.5 Å². The number of carbonyl (C=O) groups is 7. The molecule has 0 saturated carbocycles. The first-order chi connectivity index (χ1) is 36.0. The molecule has 21 heteroatoms. The third-order valence-electron chi connectivity index (χ3n) is 14.2. The summed E-state index contributed by atoms with van der Waals surface area (Å²) in [7, 11) is 0. The van der Waals surface area contributed by atoms with Gasteiger partial charge in [0.15, 0.2) is 5.60 Å². The van der Waals surface area contributed by atoms with Gasteiger partial charge in [0.05, 0.1) is 67.7 Å². The van der Waals surface area contributed by atoms with E-state index in [-0.39, 0.29) is 69.3 Å². The maximum atomic E-state index is 15.4. The summed E-state index contributed by atoms with van der Waals surface area (Å²) in [5.41, 5.74) is 3.99. The summed E-state index contributed by atoms with van der Waals surface area (Å²) < 4.78 is 28.3. The van der Waals surface area contributed by atoms with E-state index < -0.39 is 83.7 Å². The number of esters is 1. The van der Waals surface area contributed by atoms with E-state index in [2.05, 4.69) is 26.6 Å². The summed E-state index contributed by atoms with van der Waals surface area (Å²) >= 11 is 0. The average Bonchev–Trinajstić information content (AvgIpc) is 3.96. The summed E-state index contributed by atoms with van der Waals surface area (Å²) in [5.74, 6) is -4.73. The van der Waals surface area contributed by atoms with Crippen LogP contribution in [0.2, 0.25) is 0 Å². The number of fused-ring (bicyclic) bond motifs is 5. The number of rotatable bonds is 20. The van der Waals surface area contributed by atoms with Gasteiger partial charge in [-0.3, -0.25) is 38.9 Å². The highest BCUT2D eigenvalue weighted by atomic mass is 19.1. The Morgan fingerprint density at radius 1 is 0.907 bits per heavy atom. The minimum atomic E-state index is -2.02. The number of aryl methyl sites for hydroxylation is 2. The smallest absolute Gasteiger partial charge is 0.343 e. The van der Waals surface area contributed by atoms with Crippen LogP contribution in [0.25, 0.3) is 22.3 Å². The van der Waals surface area contributed by atoms with Crippen LogP contribution in [-0.2, 0) is 81.1 Å². The molecule has 4 aliphatic rings. The van der Waals surface area contributed by atoms with Crippen molar-refractivity contribution in [3.05, 3.63) is 140 Å². The van der Waals surface area contributed by atoms with Gasteiger partial charge in [-0.05, 0) is 78.6 Å². The molecule has 390 valence electrons. The molecule has 9 rings (SSSR count). The Hall–Kier alpha value is -7.98. The SMILES string of the molecule is CC[C@@]1(O)C(=O)OCc2c1cc1n(c2=O)Cc2c-1nc1cc(F)c(C)c3c1c2[C@H](COCNC(O)CNC(=O)[C@H](Cc1ccccc1)NC(=O)CNC(=O)CNC(=O)CCc1ccc(N2C(=O)C=CC2=O)cc1)CC3. The van der Waals surface area contributed by atoms with Gasteiger partial charge in [-0.1, -0.05) is 49.4 Å². The number of amides is 6. The first-order valence-corrected chi connectivity index (χ1v) is 24.6. The van der Waals surface area contributed by atoms with Crippen LogP contribution in [0.4, 0.5) is 10.1 Å². The lowest BCUT2D eigenvalue weighted by atomic mass is 9.78. The number of imide groups is 1. The van der Waals surface area contributed by atoms with E-state index in [9.17, 15) is 48.6 Å². The molecule has 75 heavy (non-hydrogen) atoms. The second-order valence-corrected chi connectivity index (χ2v) is 18.9. The van der Waals surface area contributed by atoms with Gasteiger partial charge >= 0.3 is 5.97 Å². The second-order valence-electron chi connectivity index (χ2n) is 18.9. The molecule has 0 spiro atoms. The molecule has 0 fully saturated rings. The van der Waals surface area contributed by atoms with E-state index in [0.717, 1.165) is 38.1 Å². The molecule has 3 aromatic carbocycles. The van der Waals surface area contributed by atoms with Gasteiger partial charge in [0.1, 0.15) is 24.7 Å². The number of aromatic nitrogens is 2. The molecule has 5 aromatic rings. The molecule has 20 nitrogen and oxygen atoms in total. The van der Waals surface area contributed by atoms with Crippen molar-refractivity contribution in [2.45, 2.75) is 89.3 Å². The molecule has 0 radical (unpaired) electrons. The van der Waals surface area contributed by atoms with Crippen molar-refractivity contribution in [1.29, 1.82) is 0 Å². The van der Waals surface area contributed by atoms with E-state index in [4.69, 9.17) is 14.5 Å². The number of halogens is 1. The summed E-state index contributed by atoms with van der Waals surface area (Å²) in [6, 6.07) is 17.4. The molecule has 5 heterocycles. The van der Waals surface area contributed by atoms with Gasteiger partial charge < -0.3 is 45.5 Å². The molecule has 4 atom stereocenters. The maximum Gasteiger partial charge on any atom is 0.343 e. The van der Waals surface area contributed by atoms with Crippen LogP contribution in [0.1, 0.15) is 76.6 Å². The van der Waals surface area contributed by atoms with E-state index in [1.54, 1.807) is 79.1 Å². The van der Waals surface area contributed by atoms with Crippen LogP contribution >= 0.6 is 0 Å². The van der Waals surface area contributed by atoms with Crippen LogP contribution in [0.5, 0.6) is 0 Å². The third-order valence-corrected chi connectivity index (χ3v) is 14.2. The van der Waals surface area contributed by atoms with Crippen molar-refractivity contribution in [3.8, 4) is 11.4 Å². The van der Waals surface area contributed by atoms with Crippen LogP contribution in [0.3, 0.4) is 0 Å². The maximum absolute atomic E-state index is 15.4. The van der Waals surface area contributed by atoms with E-state index >= 15 is 4.39 Å². The zero-order valence-corrected chi connectivity index (χ0v) is 41.1. The minimum absolute atomic E-state index is 0.0202. The van der Waals surface area contributed by atoms with Crippen LogP contribution in [0.15, 0.2) is 83.7 Å². The predicted octanol–water partition coefficient (Wildman–Crippen LogP) is 1.58. The molecule has 2 aromatic heterocycles. The van der Waals surface area contributed by atoms with Crippen molar-refractivity contribution in [2.24, 2.45) is 0 Å². The summed E-state index contributed by atoms with van der Waals surface area (Å²) in [6.07, 6.45) is 2.63. The largest absolute Gasteiger partial charge is 0.458 e. The van der Waals surface area contributed by atoms with Gasteiger partial charge in [-0.25, -0.2) is 19.1 Å². The molecule has 0 saturated heterocycles. The Bertz CT molecular complexity index is 3220. The average molecular weight is 1030 g/mol. The first kappa shape index (κ1) is 51.9.